The second-order valence-electron chi connectivity index (χ2n) is 4.46. The highest BCUT2D eigenvalue weighted by molar-refractivity contribution is 9.10. The van der Waals surface area contributed by atoms with Gasteiger partial charge in [-0.3, -0.25) is 10.7 Å². The molecule has 92 valence electrons. The maximum atomic E-state index is 11.8. The van der Waals surface area contributed by atoms with E-state index in [-0.39, 0.29) is 17.9 Å². The summed E-state index contributed by atoms with van der Waals surface area (Å²) in [6, 6.07) is 1.55. The lowest BCUT2D eigenvalue weighted by molar-refractivity contribution is 0.199. The number of nitrogens with zero attached hydrogens (tertiary/aromatic N) is 1. The molecule has 0 spiro atoms. The number of thiophene rings is 1. The first-order chi connectivity index (χ1) is 7.99. The van der Waals surface area contributed by atoms with Crippen molar-refractivity contribution in [2.45, 2.75) is 19.9 Å². The van der Waals surface area contributed by atoms with Crippen LogP contribution in [0.15, 0.2) is 15.9 Å². The highest BCUT2D eigenvalue weighted by Crippen LogP contribution is 2.32. The largest absolute Gasteiger partial charge is 0.323 e. The van der Waals surface area contributed by atoms with Gasteiger partial charge in [0.2, 0.25) is 0 Å². The Balaban J connectivity index is 2.29. The third kappa shape index (κ3) is 2.52. The molecule has 1 saturated heterocycles. The van der Waals surface area contributed by atoms with E-state index >= 15 is 0 Å². The van der Waals surface area contributed by atoms with Crippen molar-refractivity contribution in [3.05, 3.63) is 20.8 Å². The lowest BCUT2D eigenvalue weighted by Crippen LogP contribution is -2.32. The van der Waals surface area contributed by atoms with E-state index in [0.717, 1.165) is 9.35 Å². The van der Waals surface area contributed by atoms with Crippen LogP contribution in [0.1, 0.15) is 24.8 Å². The quantitative estimate of drug-likeness (QED) is 0.884. The van der Waals surface area contributed by atoms with Crippen LogP contribution in [-0.2, 0) is 0 Å². The number of amides is 2. The second-order valence-corrected chi connectivity index (χ2v) is 6.32. The van der Waals surface area contributed by atoms with Crippen molar-refractivity contribution < 1.29 is 4.79 Å². The normalized spacial score (nSPS) is 20.2. The van der Waals surface area contributed by atoms with Gasteiger partial charge in [-0.2, -0.15) is 0 Å². The highest BCUT2D eigenvalue weighted by atomic mass is 79.9. The number of hydrogen-bond donors (Lipinski definition) is 2. The number of carbonyl (C=O) groups is 1. The van der Waals surface area contributed by atoms with Crippen molar-refractivity contribution in [3.8, 4) is 0 Å². The molecule has 2 heterocycles. The molecule has 6 heteroatoms. The standard InChI is InChI=1S/C11H14BrN3OS/c1-6(2)4-15-9(10(13)14-11(15)16)8-3-7(12)5-17-8/h3,5-6,9H,4H2,1-2H3,(H2,13,14,16). The van der Waals surface area contributed by atoms with Crippen LogP contribution in [0.5, 0.6) is 0 Å². The molecule has 2 N–H and O–H groups in total. The topological polar surface area (TPSA) is 56.2 Å². The van der Waals surface area contributed by atoms with E-state index in [9.17, 15) is 4.79 Å². The van der Waals surface area contributed by atoms with Gasteiger partial charge in [0.15, 0.2) is 0 Å². The average Bonchev–Trinajstić information content (AvgIpc) is 2.72. The number of rotatable bonds is 3. The van der Waals surface area contributed by atoms with E-state index in [2.05, 4.69) is 35.1 Å². The van der Waals surface area contributed by atoms with Gasteiger partial charge in [-0.1, -0.05) is 13.8 Å². The molecular formula is C11H14BrN3OS. The molecular weight excluding hydrogens is 302 g/mol. The molecule has 2 amide bonds. The van der Waals surface area contributed by atoms with E-state index in [1.54, 1.807) is 16.2 Å². The fraction of sp³-hybridized carbons (Fsp3) is 0.455. The smallest absolute Gasteiger partial charge is 0.309 e. The molecule has 17 heavy (non-hydrogen) atoms. The predicted octanol–water partition coefficient (Wildman–Crippen LogP) is 3.21. The van der Waals surface area contributed by atoms with Gasteiger partial charge in [0.25, 0.3) is 0 Å². The average molecular weight is 316 g/mol. The zero-order valence-corrected chi connectivity index (χ0v) is 12.1. The zero-order valence-electron chi connectivity index (χ0n) is 9.66. The predicted molar refractivity (Wildman–Crippen MR) is 72.6 cm³/mol. The van der Waals surface area contributed by atoms with E-state index in [0.29, 0.717) is 12.5 Å². The van der Waals surface area contributed by atoms with Gasteiger partial charge in [-0.15, -0.1) is 11.3 Å². The molecule has 0 saturated carbocycles. The molecule has 1 unspecified atom stereocenters. The third-order valence-corrected chi connectivity index (χ3v) is 4.25. The maximum Gasteiger partial charge on any atom is 0.323 e. The summed E-state index contributed by atoms with van der Waals surface area (Å²) in [6.07, 6.45) is 0. The monoisotopic (exact) mass is 315 g/mol. The van der Waals surface area contributed by atoms with Gasteiger partial charge in [0.1, 0.15) is 11.9 Å². The maximum absolute atomic E-state index is 11.8. The fourth-order valence-corrected chi connectivity index (χ4v) is 3.44. The Morgan fingerprint density at radius 2 is 2.35 bits per heavy atom. The first-order valence-corrected chi connectivity index (χ1v) is 7.06. The minimum atomic E-state index is -0.249. The van der Waals surface area contributed by atoms with Gasteiger partial charge in [0.05, 0.1) is 0 Å². The number of carbonyl (C=O) groups excluding carboxylic acids is 1. The minimum Gasteiger partial charge on any atom is -0.309 e. The number of amidine groups is 1. The summed E-state index contributed by atoms with van der Waals surface area (Å²) in [5.41, 5.74) is 0. The van der Waals surface area contributed by atoms with Crippen LogP contribution in [0.3, 0.4) is 0 Å². The molecule has 0 radical (unpaired) electrons. The van der Waals surface area contributed by atoms with Crippen LogP contribution in [0.25, 0.3) is 0 Å². The van der Waals surface area contributed by atoms with Gasteiger partial charge < -0.3 is 4.90 Å². The Morgan fingerprint density at radius 1 is 1.65 bits per heavy atom. The number of hydrogen-bond acceptors (Lipinski definition) is 3. The summed E-state index contributed by atoms with van der Waals surface area (Å²) in [4.78, 5) is 14.5. The molecule has 1 atom stereocenters. The van der Waals surface area contributed by atoms with Crippen LogP contribution < -0.4 is 5.32 Å². The zero-order chi connectivity index (χ0) is 12.6. The van der Waals surface area contributed by atoms with Crippen molar-refractivity contribution in [3.63, 3.8) is 0 Å². The Morgan fingerprint density at radius 3 is 2.88 bits per heavy atom. The van der Waals surface area contributed by atoms with Crippen molar-refractivity contribution >= 4 is 39.1 Å². The Labute approximate surface area is 113 Å². The van der Waals surface area contributed by atoms with Crippen LogP contribution in [0.2, 0.25) is 0 Å². The molecule has 1 aromatic rings. The van der Waals surface area contributed by atoms with Crippen LogP contribution >= 0.6 is 27.3 Å². The number of halogens is 1. The minimum absolute atomic E-state index is 0.168. The third-order valence-electron chi connectivity index (χ3n) is 2.51. The molecule has 2 rings (SSSR count). The van der Waals surface area contributed by atoms with Gasteiger partial charge >= 0.3 is 6.03 Å². The molecule has 0 bridgehead atoms. The molecule has 1 aliphatic rings. The van der Waals surface area contributed by atoms with Gasteiger partial charge in [-0.25, -0.2) is 4.79 Å². The number of nitrogens with one attached hydrogen (secondary N) is 2. The summed E-state index contributed by atoms with van der Waals surface area (Å²) in [6.45, 7) is 4.79. The summed E-state index contributed by atoms with van der Waals surface area (Å²) < 4.78 is 0.995. The SMILES string of the molecule is CC(C)CN1C(=O)NC(=N)C1c1cc(Br)cs1. The lowest BCUT2D eigenvalue weighted by Gasteiger charge is -2.23. The van der Waals surface area contributed by atoms with E-state index in [1.165, 1.54) is 0 Å². The summed E-state index contributed by atoms with van der Waals surface area (Å²) in [7, 11) is 0. The molecule has 1 fully saturated rings. The molecule has 0 aromatic carbocycles. The van der Waals surface area contributed by atoms with E-state index < -0.39 is 0 Å². The van der Waals surface area contributed by atoms with Crippen LogP contribution in [-0.4, -0.2) is 23.3 Å². The summed E-state index contributed by atoms with van der Waals surface area (Å²) in [5.74, 6) is 0.655. The molecule has 1 aromatic heterocycles. The van der Waals surface area contributed by atoms with Gasteiger partial charge in [-0.05, 0) is 27.9 Å². The first kappa shape index (κ1) is 12.6. The van der Waals surface area contributed by atoms with Crippen molar-refractivity contribution in [2.75, 3.05) is 6.54 Å². The summed E-state index contributed by atoms with van der Waals surface area (Å²) >= 11 is 4.96. The Hall–Kier alpha value is -0.880. The first-order valence-electron chi connectivity index (χ1n) is 5.39. The molecule has 4 nitrogen and oxygen atoms in total. The Kier molecular flexibility index (Phi) is 3.53. The fourth-order valence-electron chi connectivity index (χ4n) is 1.88. The van der Waals surface area contributed by atoms with Crippen molar-refractivity contribution in [1.29, 1.82) is 5.41 Å². The second kappa shape index (κ2) is 4.78. The highest BCUT2D eigenvalue weighted by Gasteiger charge is 2.37. The summed E-state index contributed by atoms with van der Waals surface area (Å²) in [5, 5.41) is 12.4. The van der Waals surface area contributed by atoms with Crippen molar-refractivity contribution in [2.24, 2.45) is 5.92 Å². The molecule has 0 aliphatic carbocycles. The van der Waals surface area contributed by atoms with Crippen molar-refractivity contribution in [1.82, 2.24) is 10.2 Å². The number of urea groups is 1. The van der Waals surface area contributed by atoms with Gasteiger partial charge in [0, 0.05) is 21.3 Å². The lowest BCUT2D eigenvalue weighted by atomic mass is 10.1. The van der Waals surface area contributed by atoms with Crippen LogP contribution in [0.4, 0.5) is 4.79 Å². The molecule has 1 aliphatic heterocycles. The van der Waals surface area contributed by atoms with E-state index in [1.807, 2.05) is 11.4 Å². The van der Waals surface area contributed by atoms with Crippen LogP contribution in [0, 0.1) is 11.3 Å². The Bertz CT molecular complexity index is 457. The van der Waals surface area contributed by atoms with E-state index in [4.69, 9.17) is 5.41 Å².